The summed E-state index contributed by atoms with van der Waals surface area (Å²) in [6, 6.07) is 0. The van der Waals surface area contributed by atoms with Gasteiger partial charge in [0.25, 0.3) is 10.0 Å². The lowest BCUT2D eigenvalue weighted by molar-refractivity contribution is 0.0367. The van der Waals surface area contributed by atoms with E-state index in [0.717, 1.165) is 0 Å². The Labute approximate surface area is 94.4 Å². The van der Waals surface area contributed by atoms with Crippen molar-refractivity contribution in [1.29, 1.82) is 0 Å². The fourth-order valence-electron chi connectivity index (χ4n) is 1.86. The predicted molar refractivity (Wildman–Crippen MR) is 57.1 cm³/mol. The summed E-state index contributed by atoms with van der Waals surface area (Å²) in [5.41, 5.74) is 0. The van der Waals surface area contributed by atoms with Gasteiger partial charge >= 0.3 is 0 Å². The van der Waals surface area contributed by atoms with Gasteiger partial charge in [-0.1, -0.05) is 0 Å². The average Bonchev–Trinajstić information content (AvgIpc) is 2.68. The molecule has 0 amide bonds. The van der Waals surface area contributed by atoms with Gasteiger partial charge in [-0.25, -0.2) is 13.4 Å². The highest BCUT2D eigenvalue weighted by molar-refractivity contribution is 7.89. The molecule has 0 aromatic carbocycles. The number of aliphatic hydroxyl groups excluding tert-OH is 1. The molecule has 0 saturated heterocycles. The zero-order chi connectivity index (χ0) is 11.8. The molecule has 0 aliphatic heterocycles. The van der Waals surface area contributed by atoms with Crippen LogP contribution in [-0.2, 0) is 10.0 Å². The van der Waals surface area contributed by atoms with E-state index in [1.165, 1.54) is 16.8 Å². The van der Waals surface area contributed by atoms with E-state index in [4.69, 9.17) is 5.11 Å². The van der Waals surface area contributed by atoms with Crippen molar-refractivity contribution in [3.63, 3.8) is 0 Å². The van der Waals surface area contributed by atoms with Crippen LogP contribution in [0.4, 0.5) is 0 Å². The quantitative estimate of drug-likeness (QED) is 0.769. The topological polar surface area (TPSA) is 86.3 Å². The number of sulfonamides is 1. The minimum Gasteiger partial charge on any atom is -0.393 e. The van der Waals surface area contributed by atoms with Crippen molar-refractivity contribution in [2.45, 2.75) is 24.0 Å². The second-order valence-electron chi connectivity index (χ2n) is 4.19. The van der Waals surface area contributed by atoms with E-state index >= 15 is 0 Å². The highest BCUT2D eigenvalue weighted by Gasteiger charge is 2.32. The first-order valence-corrected chi connectivity index (χ1v) is 6.57. The summed E-state index contributed by atoms with van der Waals surface area (Å²) >= 11 is 0. The van der Waals surface area contributed by atoms with Crippen LogP contribution in [0.15, 0.2) is 17.6 Å². The molecule has 90 valence electrons. The summed E-state index contributed by atoms with van der Waals surface area (Å²) in [6.07, 6.45) is 3.74. The van der Waals surface area contributed by atoms with Crippen LogP contribution in [0, 0.1) is 5.92 Å². The molecule has 1 aromatic rings. The van der Waals surface area contributed by atoms with E-state index in [-0.39, 0.29) is 17.0 Å². The van der Waals surface area contributed by atoms with Gasteiger partial charge in [-0.3, -0.25) is 0 Å². The summed E-state index contributed by atoms with van der Waals surface area (Å²) in [5, 5.41) is 9.24. The minimum atomic E-state index is -3.45. The van der Waals surface area contributed by atoms with Gasteiger partial charge in [-0.15, -0.1) is 0 Å². The number of H-pyrrole nitrogens is 1. The molecule has 1 aliphatic carbocycles. The van der Waals surface area contributed by atoms with E-state index in [1.807, 2.05) is 0 Å². The maximum atomic E-state index is 11.9. The van der Waals surface area contributed by atoms with Gasteiger partial charge in [0, 0.05) is 13.6 Å². The first kappa shape index (κ1) is 11.6. The Kier molecular flexibility index (Phi) is 3.00. The highest BCUT2D eigenvalue weighted by Crippen LogP contribution is 2.28. The molecular formula is C9H15N3O3S. The zero-order valence-electron chi connectivity index (χ0n) is 9.00. The lowest BCUT2D eigenvalue weighted by Crippen LogP contribution is -2.39. The molecule has 1 fully saturated rings. The van der Waals surface area contributed by atoms with Crippen LogP contribution in [-0.4, -0.2) is 47.5 Å². The number of imidazole rings is 1. The van der Waals surface area contributed by atoms with Crippen molar-refractivity contribution >= 4 is 10.0 Å². The van der Waals surface area contributed by atoms with Crippen molar-refractivity contribution in [1.82, 2.24) is 14.3 Å². The van der Waals surface area contributed by atoms with Gasteiger partial charge in [0.15, 0.2) is 5.03 Å². The molecule has 1 aromatic heterocycles. The summed E-state index contributed by atoms with van der Waals surface area (Å²) in [7, 11) is -1.91. The molecule has 1 heterocycles. The normalized spacial score (nSPS) is 25.7. The van der Waals surface area contributed by atoms with Gasteiger partial charge < -0.3 is 10.1 Å². The fourth-order valence-corrected chi connectivity index (χ4v) is 3.00. The Morgan fingerprint density at radius 2 is 2.31 bits per heavy atom. The van der Waals surface area contributed by atoms with Crippen molar-refractivity contribution < 1.29 is 13.5 Å². The molecule has 0 atom stereocenters. The summed E-state index contributed by atoms with van der Waals surface area (Å²) < 4.78 is 25.2. The molecule has 0 radical (unpaired) electrons. The zero-order valence-corrected chi connectivity index (χ0v) is 9.81. The second kappa shape index (κ2) is 4.15. The van der Waals surface area contributed by atoms with Gasteiger partial charge in [-0.2, -0.15) is 4.31 Å². The van der Waals surface area contributed by atoms with Crippen molar-refractivity contribution in [3.05, 3.63) is 12.5 Å². The number of rotatable bonds is 4. The molecule has 0 bridgehead atoms. The van der Waals surface area contributed by atoms with E-state index in [1.54, 1.807) is 7.05 Å². The van der Waals surface area contributed by atoms with Gasteiger partial charge in [0.05, 0.1) is 18.6 Å². The molecule has 6 nitrogen and oxygen atoms in total. The average molecular weight is 245 g/mol. The third kappa shape index (κ3) is 2.11. The predicted octanol–water partition coefficient (Wildman–Crippen LogP) is -0.199. The minimum absolute atomic E-state index is 0.106. The summed E-state index contributed by atoms with van der Waals surface area (Å²) in [6.45, 7) is 0.443. The lowest BCUT2D eigenvalue weighted by Gasteiger charge is -2.33. The van der Waals surface area contributed by atoms with Crippen molar-refractivity contribution in [3.8, 4) is 0 Å². The Balaban J connectivity index is 2.01. The molecule has 2 rings (SSSR count). The molecule has 1 saturated carbocycles. The summed E-state index contributed by atoms with van der Waals surface area (Å²) in [4.78, 5) is 6.28. The molecular weight excluding hydrogens is 230 g/mol. The van der Waals surface area contributed by atoms with Crippen LogP contribution in [0.5, 0.6) is 0 Å². The van der Waals surface area contributed by atoms with Crippen LogP contribution >= 0.6 is 0 Å². The molecule has 7 heteroatoms. The van der Waals surface area contributed by atoms with E-state index in [9.17, 15) is 8.42 Å². The molecule has 1 aliphatic rings. The Hall–Kier alpha value is -0.920. The highest BCUT2D eigenvalue weighted by atomic mass is 32.2. The van der Waals surface area contributed by atoms with Gasteiger partial charge in [0.2, 0.25) is 0 Å². The number of nitrogens with one attached hydrogen (secondary N) is 1. The standard InChI is InChI=1S/C9H15N3O3S/c1-12(5-7-2-8(13)3-7)16(14,15)9-4-10-6-11-9/h4,6-8,13H,2-3,5H2,1H3,(H,10,11). The summed E-state index contributed by atoms with van der Waals surface area (Å²) in [5.74, 6) is 0.262. The maximum absolute atomic E-state index is 11.9. The first-order valence-electron chi connectivity index (χ1n) is 5.13. The molecule has 0 spiro atoms. The smallest absolute Gasteiger partial charge is 0.259 e. The van der Waals surface area contributed by atoms with Gasteiger partial charge in [0.1, 0.15) is 0 Å². The monoisotopic (exact) mass is 245 g/mol. The van der Waals surface area contributed by atoms with Gasteiger partial charge in [-0.05, 0) is 18.8 Å². The number of aromatic nitrogens is 2. The largest absolute Gasteiger partial charge is 0.393 e. The van der Waals surface area contributed by atoms with Crippen LogP contribution in [0.2, 0.25) is 0 Å². The maximum Gasteiger partial charge on any atom is 0.259 e. The van der Waals surface area contributed by atoms with E-state index < -0.39 is 10.0 Å². The fraction of sp³-hybridized carbons (Fsp3) is 0.667. The van der Waals surface area contributed by atoms with Crippen molar-refractivity contribution in [2.24, 2.45) is 5.92 Å². The number of nitrogens with zero attached hydrogens (tertiary/aromatic N) is 2. The van der Waals surface area contributed by atoms with Crippen LogP contribution in [0.3, 0.4) is 0 Å². The lowest BCUT2D eigenvalue weighted by atomic mass is 9.82. The van der Waals surface area contributed by atoms with E-state index in [2.05, 4.69) is 9.97 Å². The number of aliphatic hydroxyl groups is 1. The SMILES string of the molecule is CN(CC1CC(O)C1)S(=O)(=O)c1cnc[nH]1. The number of aromatic amines is 1. The van der Waals surface area contributed by atoms with Crippen LogP contribution < -0.4 is 0 Å². The van der Waals surface area contributed by atoms with Crippen LogP contribution in [0.25, 0.3) is 0 Å². The third-order valence-electron chi connectivity index (χ3n) is 2.89. The number of hydrogen-bond donors (Lipinski definition) is 2. The molecule has 16 heavy (non-hydrogen) atoms. The van der Waals surface area contributed by atoms with E-state index in [0.29, 0.717) is 19.4 Å². The molecule has 0 unspecified atom stereocenters. The first-order chi connectivity index (χ1) is 7.50. The van der Waals surface area contributed by atoms with Crippen LogP contribution in [0.1, 0.15) is 12.8 Å². The third-order valence-corrected chi connectivity index (χ3v) is 4.64. The Morgan fingerprint density at radius 1 is 1.62 bits per heavy atom. The number of hydrogen-bond acceptors (Lipinski definition) is 4. The molecule has 2 N–H and O–H groups in total. The Bertz CT molecular complexity index is 437. The second-order valence-corrected chi connectivity index (χ2v) is 6.21. The van der Waals surface area contributed by atoms with Crippen molar-refractivity contribution in [2.75, 3.05) is 13.6 Å². The Morgan fingerprint density at radius 3 is 2.81 bits per heavy atom.